The molecule has 0 amide bonds. The number of nitrogens with one attached hydrogen (secondary N) is 1. The lowest BCUT2D eigenvalue weighted by molar-refractivity contribution is 0.101. The van der Waals surface area contributed by atoms with Crippen molar-refractivity contribution in [2.45, 2.75) is 6.92 Å². The monoisotopic (exact) mass is 207 g/mol. The Morgan fingerprint density at radius 1 is 1.47 bits per heavy atom. The van der Waals surface area contributed by atoms with E-state index in [-0.39, 0.29) is 11.6 Å². The lowest BCUT2D eigenvalue weighted by atomic mass is 10.1. The third-order valence-electron chi connectivity index (χ3n) is 2.28. The molecule has 0 spiro atoms. The van der Waals surface area contributed by atoms with Crippen LogP contribution in [0.5, 0.6) is 5.88 Å². The van der Waals surface area contributed by atoms with E-state index in [1.807, 2.05) is 0 Å². The van der Waals surface area contributed by atoms with Crippen LogP contribution in [0.2, 0.25) is 0 Å². The maximum absolute atomic E-state index is 12.9. The van der Waals surface area contributed by atoms with Gasteiger partial charge in [0.05, 0.1) is 18.2 Å². The predicted octanol–water partition coefficient (Wildman–Crippen LogP) is 2.52. The highest BCUT2D eigenvalue weighted by atomic mass is 19.1. The number of aromatic amines is 1. The standard InChI is InChI=1S/C11H10FNO2/c1-6(14)10-8-4-3-7(12)5-9(8)13-11(10)15-2/h3-5,13H,1-2H3. The summed E-state index contributed by atoms with van der Waals surface area (Å²) >= 11 is 0. The summed E-state index contributed by atoms with van der Waals surface area (Å²) < 4.78 is 18.0. The molecule has 2 rings (SSSR count). The number of methoxy groups -OCH3 is 1. The molecule has 1 N–H and O–H groups in total. The highest BCUT2D eigenvalue weighted by molar-refractivity contribution is 6.09. The van der Waals surface area contributed by atoms with Crippen LogP contribution >= 0.6 is 0 Å². The summed E-state index contributed by atoms with van der Waals surface area (Å²) in [5.41, 5.74) is 1.03. The van der Waals surface area contributed by atoms with Gasteiger partial charge in [-0.2, -0.15) is 0 Å². The Hall–Kier alpha value is -1.84. The highest BCUT2D eigenvalue weighted by Crippen LogP contribution is 2.28. The lowest BCUT2D eigenvalue weighted by Crippen LogP contribution is -1.94. The molecule has 0 aliphatic carbocycles. The molecule has 0 atom stereocenters. The summed E-state index contributed by atoms with van der Waals surface area (Å²) in [5.74, 6) is -0.0747. The second-order valence-corrected chi connectivity index (χ2v) is 3.28. The van der Waals surface area contributed by atoms with Crippen molar-refractivity contribution >= 4 is 16.7 Å². The van der Waals surface area contributed by atoms with Crippen LogP contribution in [0.25, 0.3) is 10.9 Å². The number of fused-ring (bicyclic) bond motifs is 1. The topological polar surface area (TPSA) is 42.1 Å². The van der Waals surface area contributed by atoms with E-state index < -0.39 is 0 Å². The second-order valence-electron chi connectivity index (χ2n) is 3.28. The van der Waals surface area contributed by atoms with Crippen LogP contribution in [0.15, 0.2) is 18.2 Å². The first-order chi connectivity index (χ1) is 7.13. The van der Waals surface area contributed by atoms with Crippen LogP contribution in [-0.4, -0.2) is 17.9 Å². The quantitative estimate of drug-likeness (QED) is 0.769. The molecule has 4 heteroatoms. The van der Waals surface area contributed by atoms with E-state index in [1.54, 1.807) is 6.07 Å². The number of ether oxygens (including phenoxy) is 1. The Bertz CT molecular complexity index is 531. The largest absolute Gasteiger partial charge is 0.482 e. The number of Topliss-reactive ketones (excluding diaryl/α,β-unsaturated/α-hetero) is 1. The fourth-order valence-electron chi connectivity index (χ4n) is 1.65. The summed E-state index contributed by atoms with van der Waals surface area (Å²) in [6.45, 7) is 1.45. The zero-order valence-electron chi connectivity index (χ0n) is 8.43. The predicted molar refractivity (Wildman–Crippen MR) is 54.8 cm³/mol. The molecule has 1 aromatic heterocycles. The van der Waals surface area contributed by atoms with E-state index in [0.29, 0.717) is 22.3 Å². The van der Waals surface area contributed by atoms with Crippen LogP contribution < -0.4 is 4.74 Å². The maximum atomic E-state index is 12.9. The Morgan fingerprint density at radius 2 is 2.20 bits per heavy atom. The summed E-state index contributed by atoms with van der Waals surface area (Å²) in [6, 6.07) is 4.23. The normalized spacial score (nSPS) is 10.6. The van der Waals surface area contributed by atoms with E-state index in [4.69, 9.17) is 4.74 Å². The number of aromatic nitrogens is 1. The first-order valence-corrected chi connectivity index (χ1v) is 4.49. The Kier molecular flexibility index (Phi) is 2.19. The van der Waals surface area contributed by atoms with Crippen molar-refractivity contribution in [3.8, 4) is 5.88 Å². The molecule has 2 aromatic rings. The van der Waals surface area contributed by atoms with Crippen molar-refractivity contribution in [3.05, 3.63) is 29.6 Å². The van der Waals surface area contributed by atoms with Crippen LogP contribution in [0, 0.1) is 5.82 Å². The Labute approximate surface area is 85.9 Å². The van der Waals surface area contributed by atoms with Gasteiger partial charge in [-0.15, -0.1) is 0 Å². The molecular formula is C11H10FNO2. The van der Waals surface area contributed by atoms with Gasteiger partial charge in [-0.05, 0) is 25.1 Å². The molecule has 1 heterocycles. The molecule has 0 saturated carbocycles. The Balaban J connectivity index is 2.80. The van der Waals surface area contributed by atoms with Gasteiger partial charge in [-0.1, -0.05) is 0 Å². The number of hydrogen-bond donors (Lipinski definition) is 1. The molecule has 0 aliphatic rings. The number of ketones is 1. The maximum Gasteiger partial charge on any atom is 0.202 e. The SMILES string of the molecule is COc1[nH]c2cc(F)ccc2c1C(C)=O. The molecule has 0 unspecified atom stereocenters. The van der Waals surface area contributed by atoms with Gasteiger partial charge < -0.3 is 9.72 Å². The van der Waals surface area contributed by atoms with Crippen molar-refractivity contribution in [1.82, 2.24) is 4.98 Å². The molecule has 3 nitrogen and oxygen atoms in total. The smallest absolute Gasteiger partial charge is 0.202 e. The van der Waals surface area contributed by atoms with Crippen LogP contribution in [0.1, 0.15) is 17.3 Å². The van der Waals surface area contributed by atoms with Crippen LogP contribution in [0.4, 0.5) is 4.39 Å². The minimum Gasteiger partial charge on any atom is -0.482 e. The van der Waals surface area contributed by atoms with Gasteiger partial charge in [-0.25, -0.2) is 4.39 Å². The van der Waals surface area contributed by atoms with Gasteiger partial charge in [0.2, 0.25) is 5.88 Å². The van der Waals surface area contributed by atoms with Crippen LogP contribution in [0.3, 0.4) is 0 Å². The summed E-state index contributed by atoms with van der Waals surface area (Å²) in [4.78, 5) is 14.2. The number of halogens is 1. The van der Waals surface area contributed by atoms with Gasteiger partial charge in [0, 0.05) is 5.39 Å². The number of benzene rings is 1. The first kappa shape index (κ1) is 9.71. The fourth-order valence-corrected chi connectivity index (χ4v) is 1.65. The summed E-state index contributed by atoms with van der Waals surface area (Å²) in [5, 5.41) is 0.681. The zero-order chi connectivity index (χ0) is 11.0. The zero-order valence-corrected chi connectivity index (χ0v) is 8.43. The van der Waals surface area contributed by atoms with Gasteiger partial charge >= 0.3 is 0 Å². The third-order valence-corrected chi connectivity index (χ3v) is 2.28. The van der Waals surface area contributed by atoms with Crippen molar-refractivity contribution in [3.63, 3.8) is 0 Å². The molecule has 0 aliphatic heterocycles. The van der Waals surface area contributed by atoms with E-state index in [9.17, 15) is 9.18 Å². The van der Waals surface area contributed by atoms with Crippen molar-refractivity contribution < 1.29 is 13.9 Å². The molecule has 15 heavy (non-hydrogen) atoms. The molecule has 0 fully saturated rings. The number of carbonyl (C=O) groups is 1. The van der Waals surface area contributed by atoms with Crippen LogP contribution in [-0.2, 0) is 0 Å². The fraction of sp³-hybridized carbons (Fsp3) is 0.182. The highest BCUT2D eigenvalue weighted by Gasteiger charge is 2.15. The van der Waals surface area contributed by atoms with Gasteiger partial charge in [-0.3, -0.25) is 4.79 Å². The first-order valence-electron chi connectivity index (χ1n) is 4.49. The number of carbonyl (C=O) groups excluding carboxylic acids is 1. The van der Waals surface area contributed by atoms with E-state index in [2.05, 4.69) is 4.98 Å². The second kappa shape index (κ2) is 3.38. The van der Waals surface area contributed by atoms with Gasteiger partial charge in [0.1, 0.15) is 5.82 Å². The molecule has 0 radical (unpaired) electrons. The third kappa shape index (κ3) is 1.48. The van der Waals surface area contributed by atoms with Crippen molar-refractivity contribution in [2.75, 3.05) is 7.11 Å². The van der Waals surface area contributed by atoms with E-state index in [1.165, 1.54) is 26.2 Å². The lowest BCUT2D eigenvalue weighted by Gasteiger charge is -1.97. The molecule has 0 saturated heterocycles. The summed E-state index contributed by atoms with van der Waals surface area (Å²) in [7, 11) is 1.47. The molecule has 0 bridgehead atoms. The Morgan fingerprint density at radius 3 is 2.80 bits per heavy atom. The van der Waals surface area contributed by atoms with Crippen molar-refractivity contribution in [1.29, 1.82) is 0 Å². The molecule has 78 valence electrons. The molecular weight excluding hydrogens is 197 g/mol. The van der Waals surface area contributed by atoms with Gasteiger partial charge in [0.25, 0.3) is 0 Å². The average molecular weight is 207 g/mol. The average Bonchev–Trinajstić information content (AvgIpc) is 2.54. The number of rotatable bonds is 2. The number of hydrogen-bond acceptors (Lipinski definition) is 2. The van der Waals surface area contributed by atoms with E-state index >= 15 is 0 Å². The van der Waals surface area contributed by atoms with Gasteiger partial charge in [0.15, 0.2) is 5.78 Å². The number of H-pyrrole nitrogens is 1. The molecule has 1 aromatic carbocycles. The van der Waals surface area contributed by atoms with E-state index in [0.717, 1.165) is 0 Å². The minimum atomic E-state index is -0.346. The summed E-state index contributed by atoms with van der Waals surface area (Å²) in [6.07, 6.45) is 0. The van der Waals surface area contributed by atoms with Crippen molar-refractivity contribution in [2.24, 2.45) is 0 Å². The minimum absolute atomic E-state index is 0.107.